The maximum atomic E-state index is 10.1. The Balaban J connectivity index is 2.82. The van der Waals surface area contributed by atoms with Crippen molar-refractivity contribution in [1.82, 2.24) is 0 Å². The smallest absolute Gasteiger partial charge is 0.148 e. The van der Waals surface area contributed by atoms with Crippen molar-refractivity contribution in [2.75, 3.05) is 0 Å². The fraction of sp³-hybridized carbons (Fsp3) is 0.333. The number of rotatable bonds is 1. The van der Waals surface area contributed by atoms with E-state index < -0.39 is 0 Å². The highest BCUT2D eigenvalue weighted by Crippen LogP contribution is 2.11. The van der Waals surface area contributed by atoms with Gasteiger partial charge in [0, 0.05) is 23.9 Å². The molecule has 0 amide bonds. The Bertz CT molecular complexity index is 167. The molecule has 1 aliphatic heterocycles. The zero-order chi connectivity index (χ0) is 5.98. The zero-order valence-corrected chi connectivity index (χ0v) is 4.72. The summed E-state index contributed by atoms with van der Waals surface area (Å²) in [6.45, 7) is 1.84. The molecule has 0 spiro atoms. The van der Waals surface area contributed by atoms with Crippen LogP contribution in [0.2, 0.25) is 0 Å². The van der Waals surface area contributed by atoms with Crippen LogP contribution < -0.4 is 0 Å². The van der Waals surface area contributed by atoms with Crippen molar-refractivity contribution < 1.29 is 4.79 Å². The Hall–Kier alpha value is -0.920. The van der Waals surface area contributed by atoms with Gasteiger partial charge in [-0.2, -0.15) is 0 Å². The maximum Gasteiger partial charge on any atom is 0.148 e. The Morgan fingerprint density at radius 3 is 2.88 bits per heavy atom. The number of hydrogen-bond donors (Lipinski definition) is 0. The molecule has 1 rings (SSSR count). The predicted molar refractivity (Wildman–Crippen MR) is 31.9 cm³/mol. The minimum absolute atomic E-state index is 0.718. The van der Waals surface area contributed by atoms with E-state index in [9.17, 15) is 4.79 Å². The lowest BCUT2D eigenvalue weighted by molar-refractivity contribution is -0.104. The summed E-state index contributed by atoms with van der Waals surface area (Å²) in [4.78, 5) is 14.0. The summed E-state index contributed by atoms with van der Waals surface area (Å²) >= 11 is 0. The van der Waals surface area contributed by atoms with Gasteiger partial charge in [-0.3, -0.25) is 9.79 Å². The summed E-state index contributed by atoms with van der Waals surface area (Å²) in [6, 6.07) is 0. The van der Waals surface area contributed by atoms with Crippen molar-refractivity contribution in [3.05, 3.63) is 11.3 Å². The van der Waals surface area contributed by atoms with Gasteiger partial charge in [-0.1, -0.05) is 0 Å². The molecular formula is C6H7NO. The Kier molecular flexibility index (Phi) is 1.24. The molecule has 0 fully saturated rings. The van der Waals surface area contributed by atoms with Gasteiger partial charge in [0.25, 0.3) is 0 Å². The van der Waals surface area contributed by atoms with E-state index in [0.717, 1.165) is 24.0 Å². The molecule has 0 bridgehead atoms. The van der Waals surface area contributed by atoms with Crippen molar-refractivity contribution >= 4 is 12.5 Å². The van der Waals surface area contributed by atoms with Gasteiger partial charge in [-0.15, -0.1) is 0 Å². The lowest BCUT2D eigenvalue weighted by atomic mass is 10.2. The minimum Gasteiger partial charge on any atom is -0.298 e. The largest absolute Gasteiger partial charge is 0.298 e. The third kappa shape index (κ3) is 0.689. The molecule has 0 aromatic carbocycles. The molecule has 1 aliphatic rings. The molecule has 0 N–H and O–H groups in total. The van der Waals surface area contributed by atoms with E-state index in [1.807, 2.05) is 6.92 Å². The van der Waals surface area contributed by atoms with Crippen LogP contribution in [0.1, 0.15) is 13.3 Å². The third-order valence-corrected chi connectivity index (χ3v) is 1.20. The molecule has 0 saturated heterocycles. The first-order valence-corrected chi connectivity index (χ1v) is 2.52. The first-order chi connectivity index (χ1) is 3.84. The Morgan fingerprint density at radius 1 is 1.88 bits per heavy atom. The van der Waals surface area contributed by atoms with Gasteiger partial charge in [0.15, 0.2) is 0 Å². The van der Waals surface area contributed by atoms with Crippen LogP contribution in [0, 0.1) is 0 Å². The SMILES string of the molecule is CC1=C(C=O)CC=N1. The number of hydrogen-bond acceptors (Lipinski definition) is 2. The van der Waals surface area contributed by atoms with E-state index in [-0.39, 0.29) is 0 Å². The highest BCUT2D eigenvalue weighted by atomic mass is 16.1. The van der Waals surface area contributed by atoms with Gasteiger partial charge in [0.2, 0.25) is 0 Å². The molecule has 8 heavy (non-hydrogen) atoms. The van der Waals surface area contributed by atoms with Gasteiger partial charge in [-0.05, 0) is 6.92 Å². The van der Waals surface area contributed by atoms with Crippen LogP contribution >= 0.6 is 0 Å². The Morgan fingerprint density at radius 2 is 2.62 bits per heavy atom. The van der Waals surface area contributed by atoms with E-state index in [1.54, 1.807) is 6.21 Å². The fourth-order valence-corrected chi connectivity index (χ4v) is 0.645. The number of carbonyl (C=O) groups is 1. The summed E-state index contributed by atoms with van der Waals surface area (Å²) < 4.78 is 0. The summed E-state index contributed by atoms with van der Waals surface area (Å²) in [6.07, 6.45) is 3.33. The molecule has 0 aromatic rings. The van der Waals surface area contributed by atoms with Crippen LogP contribution in [0.25, 0.3) is 0 Å². The highest BCUT2D eigenvalue weighted by molar-refractivity contribution is 5.84. The lowest BCUT2D eigenvalue weighted by Gasteiger charge is -1.84. The molecule has 1 heterocycles. The molecule has 0 aliphatic carbocycles. The van der Waals surface area contributed by atoms with Gasteiger partial charge < -0.3 is 0 Å². The van der Waals surface area contributed by atoms with E-state index in [0.29, 0.717) is 0 Å². The molecule has 0 unspecified atom stereocenters. The van der Waals surface area contributed by atoms with Gasteiger partial charge in [0.1, 0.15) is 6.29 Å². The second-order valence-electron chi connectivity index (χ2n) is 1.74. The van der Waals surface area contributed by atoms with Crippen molar-refractivity contribution in [3.63, 3.8) is 0 Å². The van der Waals surface area contributed by atoms with Crippen LogP contribution in [-0.4, -0.2) is 12.5 Å². The van der Waals surface area contributed by atoms with Crippen LogP contribution in [0.15, 0.2) is 16.3 Å². The van der Waals surface area contributed by atoms with E-state index >= 15 is 0 Å². The fourth-order valence-electron chi connectivity index (χ4n) is 0.645. The molecule has 0 atom stereocenters. The minimum atomic E-state index is 0.718. The Labute approximate surface area is 47.9 Å². The van der Waals surface area contributed by atoms with Crippen molar-refractivity contribution in [2.24, 2.45) is 4.99 Å². The van der Waals surface area contributed by atoms with Crippen LogP contribution in [0.4, 0.5) is 0 Å². The van der Waals surface area contributed by atoms with Crippen molar-refractivity contribution in [3.8, 4) is 0 Å². The van der Waals surface area contributed by atoms with E-state index in [2.05, 4.69) is 4.99 Å². The summed E-state index contributed by atoms with van der Waals surface area (Å²) in [7, 11) is 0. The van der Waals surface area contributed by atoms with Gasteiger partial charge in [0.05, 0.1) is 0 Å². The number of carbonyl (C=O) groups excluding carboxylic acids is 1. The van der Waals surface area contributed by atoms with Crippen LogP contribution in [-0.2, 0) is 4.79 Å². The maximum absolute atomic E-state index is 10.1. The molecule has 0 saturated carbocycles. The number of aldehydes is 1. The molecule has 0 radical (unpaired) electrons. The topological polar surface area (TPSA) is 29.4 Å². The third-order valence-electron chi connectivity index (χ3n) is 1.20. The molecule has 0 aromatic heterocycles. The summed E-state index contributed by atoms with van der Waals surface area (Å²) in [5.41, 5.74) is 1.67. The molecule has 2 heteroatoms. The first-order valence-electron chi connectivity index (χ1n) is 2.52. The standard InChI is InChI=1S/C6H7NO/c1-5-6(4-8)2-3-7-5/h3-4H,2H2,1H3. The van der Waals surface area contributed by atoms with Crippen molar-refractivity contribution in [2.45, 2.75) is 13.3 Å². The normalized spacial score (nSPS) is 17.6. The second-order valence-corrected chi connectivity index (χ2v) is 1.74. The van der Waals surface area contributed by atoms with Gasteiger partial charge >= 0.3 is 0 Å². The van der Waals surface area contributed by atoms with Gasteiger partial charge in [-0.25, -0.2) is 0 Å². The molecule has 2 nitrogen and oxygen atoms in total. The first kappa shape index (κ1) is 5.22. The second kappa shape index (κ2) is 1.90. The summed E-state index contributed by atoms with van der Waals surface area (Å²) in [5.74, 6) is 0. The zero-order valence-electron chi connectivity index (χ0n) is 4.72. The number of aliphatic imine (C=N–C) groups is 1. The predicted octanol–water partition coefficient (Wildman–Crippen LogP) is 0.934. The monoisotopic (exact) mass is 109 g/mol. The molecular weight excluding hydrogens is 102 g/mol. The van der Waals surface area contributed by atoms with Crippen molar-refractivity contribution in [1.29, 1.82) is 0 Å². The van der Waals surface area contributed by atoms with E-state index in [1.165, 1.54) is 0 Å². The molecule has 42 valence electrons. The quantitative estimate of drug-likeness (QED) is 0.460. The number of allylic oxidation sites excluding steroid dienone is 2. The lowest BCUT2D eigenvalue weighted by Crippen LogP contribution is -1.80. The van der Waals surface area contributed by atoms with Crippen LogP contribution in [0.5, 0.6) is 0 Å². The van der Waals surface area contributed by atoms with Crippen LogP contribution in [0.3, 0.4) is 0 Å². The highest BCUT2D eigenvalue weighted by Gasteiger charge is 2.02. The summed E-state index contributed by atoms with van der Waals surface area (Å²) in [5, 5.41) is 0. The average molecular weight is 109 g/mol. The average Bonchev–Trinajstić information content (AvgIpc) is 2.14. The number of nitrogens with zero attached hydrogens (tertiary/aromatic N) is 1. The van der Waals surface area contributed by atoms with E-state index in [4.69, 9.17) is 0 Å².